The molecule has 1 amide bonds. The number of nitrogens with one attached hydrogen (secondary N) is 1. The molecular weight excluding hydrogens is 844 g/mol. The van der Waals surface area contributed by atoms with Crippen molar-refractivity contribution in [1.82, 2.24) is 5.32 Å². The molecule has 3 aromatic rings. The van der Waals surface area contributed by atoms with Gasteiger partial charge in [0.15, 0.2) is 17.9 Å². The number of ketones is 3. The fourth-order valence-electron chi connectivity index (χ4n) is 8.09. The first kappa shape index (κ1) is 47.8. The molecule has 2 aliphatic carbocycles. The van der Waals surface area contributed by atoms with Crippen LogP contribution < -0.4 is 20.5 Å². The van der Waals surface area contributed by atoms with E-state index in [2.05, 4.69) is 5.32 Å². The van der Waals surface area contributed by atoms with Crippen LogP contribution in [0.2, 0.25) is 0 Å². The van der Waals surface area contributed by atoms with Gasteiger partial charge in [0.1, 0.15) is 41.8 Å². The number of aliphatic hydroxyl groups excluding tert-OH is 2. The molecule has 1 aliphatic heterocycles. The van der Waals surface area contributed by atoms with Crippen LogP contribution in [0.1, 0.15) is 85.5 Å². The van der Waals surface area contributed by atoms with Crippen molar-refractivity contribution in [2.24, 2.45) is 5.73 Å². The molecule has 1 fully saturated rings. The summed E-state index contributed by atoms with van der Waals surface area (Å²) >= 11 is 0. The Kier molecular flexibility index (Phi) is 15.2. The van der Waals surface area contributed by atoms with E-state index in [9.17, 15) is 44.4 Å². The molecule has 0 aromatic heterocycles. The number of Topliss-reactive ketones (excluding diaryl/α,β-unsaturated/α-hetero) is 1. The van der Waals surface area contributed by atoms with Crippen LogP contribution in [-0.2, 0) is 46.2 Å². The summed E-state index contributed by atoms with van der Waals surface area (Å²) in [5, 5.41) is 57.0. The van der Waals surface area contributed by atoms with Crippen molar-refractivity contribution < 1.29 is 87.4 Å². The smallest absolute Gasteiger partial charge is 0.507 e. The van der Waals surface area contributed by atoms with Crippen LogP contribution in [0.4, 0.5) is 9.59 Å². The van der Waals surface area contributed by atoms with Gasteiger partial charge in [-0.3, -0.25) is 14.4 Å². The normalized spacial score (nSPS) is 22.5. The Labute approximate surface area is 367 Å². The third-order valence-electron chi connectivity index (χ3n) is 11.2. The molecule has 0 saturated carbocycles. The number of benzene rings is 3. The number of alkyl carbamates (subject to hydrolysis) is 1. The molecule has 1 saturated heterocycles. The summed E-state index contributed by atoms with van der Waals surface area (Å²) in [6.07, 6.45) is -7.78. The highest BCUT2D eigenvalue weighted by Crippen LogP contribution is 2.52. The molecule has 3 aliphatic rings. The summed E-state index contributed by atoms with van der Waals surface area (Å²) in [6.45, 7) is 4.51. The lowest BCUT2D eigenvalue weighted by Crippen LogP contribution is -2.53. The predicted octanol–water partition coefficient (Wildman–Crippen LogP) is 2.09. The number of phenolic OH excluding ortho intramolecular Hbond substituents is 2. The van der Waals surface area contributed by atoms with Crippen molar-refractivity contribution >= 4 is 29.6 Å². The first-order chi connectivity index (χ1) is 30.5. The van der Waals surface area contributed by atoms with Crippen LogP contribution in [-0.4, -0.2) is 139 Å². The van der Waals surface area contributed by atoms with Gasteiger partial charge in [0.05, 0.1) is 81.7 Å². The summed E-state index contributed by atoms with van der Waals surface area (Å²) in [6, 6.07) is 6.72. The van der Waals surface area contributed by atoms with Gasteiger partial charge in [0.25, 0.3) is 0 Å². The maximum Gasteiger partial charge on any atom is 0.513 e. The SMILES string of the molecule is COc1cccc2c1C(=O)c1c(O)c3c(c(O)c1C2=O)C[C@@](O)(C(=O)CNC(=O)OCc1cc(C)c(OC(=O)OCCOCCOCCO)c(C)c1)C[C@@H]3OC1CC(N)C(O)C(C)O1. The molecule has 346 valence electrons. The van der Waals surface area contributed by atoms with Gasteiger partial charge in [-0.05, 0) is 55.7 Å². The molecule has 0 spiro atoms. The average molecular weight is 897 g/mol. The highest BCUT2D eigenvalue weighted by Gasteiger charge is 2.50. The lowest BCUT2D eigenvalue weighted by molar-refractivity contribution is -0.247. The molecule has 20 heteroatoms. The number of hydrogen-bond donors (Lipinski definition) is 7. The van der Waals surface area contributed by atoms with Gasteiger partial charge in [0.2, 0.25) is 5.78 Å². The molecule has 4 unspecified atom stereocenters. The van der Waals surface area contributed by atoms with Crippen LogP contribution in [0.5, 0.6) is 23.0 Å². The van der Waals surface area contributed by atoms with Gasteiger partial charge in [-0.1, -0.05) is 12.1 Å². The van der Waals surface area contributed by atoms with Crippen molar-refractivity contribution in [2.45, 2.75) is 82.9 Å². The number of aliphatic hydroxyl groups is 3. The van der Waals surface area contributed by atoms with Crippen LogP contribution in [0, 0.1) is 13.8 Å². The maximum absolute atomic E-state index is 14.0. The topological polar surface area (TPSA) is 298 Å². The number of fused-ring (bicyclic) bond motifs is 3. The highest BCUT2D eigenvalue weighted by atomic mass is 16.7. The number of phenols is 2. The molecule has 6 atom stereocenters. The minimum Gasteiger partial charge on any atom is -0.507 e. The van der Waals surface area contributed by atoms with E-state index in [1.54, 1.807) is 32.9 Å². The number of carbonyl (C=O) groups excluding carboxylic acids is 5. The van der Waals surface area contributed by atoms with Crippen LogP contribution >= 0.6 is 0 Å². The predicted molar refractivity (Wildman–Crippen MR) is 219 cm³/mol. The minimum absolute atomic E-state index is 0.0547. The Bertz CT molecular complexity index is 2250. The van der Waals surface area contributed by atoms with Crippen molar-refractivity contribution in [1.29, 1.82) is 0 Å². The molecule has 8 N–H and O–H groups in total. The van der Waals surface area contributed by atoms with E-state index in [1.165, 1.54) is 25.3 Å². The van der Waals surface area contributed by atoms with Gasteiger partial charge < -0.3 is 74.5 Å². The lowest BCUT2D eigenvalue weighted by Gasteiger charge is -2.42. The molecule has 20 nitrogen and oxygen atoms in total. The minimum atomic E-state index is -2.40. The number of aryl methyl sites for hydroxylation is 2. The van der Waals surface area contributed by atoms with E-state index in [4.69, 9.17) is 48.7 Å². The first-order valence-electron chi connectivity index (χ1n) is 20.5. The molecule has 0 bridgehead atoms. The Morgan fingerprint density at radius 2 is 1.61 bits per heavy atom. The summed E-state index contributed by atoms with van der Waals surface area (Å²) in [5.41, 5.74) is 3.54. The third kappa shape index (κ3) is 10.1. The Hall–Kier alpha value is -5.71. The standard InChI is InChI=1S/C44H52N2O18/c1-21-14-24(15-22(2)41(21)64-43(55)60-13-12-59-11-10-58-9-8-47)20-61-42(54)46-19-30(48)44(56)17-26-33(29(18-44)63-31-16-27(45)36(49)23(3)62-31)40(53)35-34(38(26)51)37(50)25-6-5-7-28(57-4)32(25)39(35)52/h5-7,14-15,23,27,29,31,36,47,49,51,53,56H,8-13,16-20,45H2,1-4H3,(H,46,54)/t23?,27?,29-,31?,36?,44-/m0/s1. The van der Waals surface area contributed by atoms with Crippen molar-refractivity contribution in [3.63, 3.8) is 0 Å². The van der Waals surface area contributed by atoms with E-state index < -0.39 is 108 Å². The van der Waals surface area contributed by atoms with E-state index >= 15 is 0 Å². The monoisotopic (exact) mass is 896 g/mol. The molecule has 1 heterocycles. The average Bonchev–Trinajstić information content (AvgIpc) is 3.25. The lowest BCUT2D eigenvalue weighted by atomic mass is 9.71. The first-order valence-corrected chi connectivity index (χ1v) is 20.5. The number of rotatable bonds is 17. The van der Waals surface area contributed by atoms with Gasteiger partial charge in [-0.25, -0.2) is 9.59 Å². The summed E-state index contributed by atoms with van der Waals surface area (Å²) in [4.78, 5) is 66.9. The molecule has 3 aromatic carbocycles. The molecular formula is C44H52N2O18. The van der Waals surface area contributed by atoms with E-state index in [0.29, 0.717) is 16.7 Å². The summed E-state index contributed by atoms with van der Waals surface area (Å²) in [7, 11) is 1.30. The molecule has 0 radical (unpaired) electrons. The van der Waals surface area contributed by atoms with E-state index in [-0.39, 0.29) is 86.4 Å². The van der Waals surface area contributed by atoms with Crippen molar-refractivity contribution in [3.05, 3.63) is 80.4 Å². The second-order valence-electron chi connectivity index (χ2n) is 15.6. The van der Waals surface area contributed by atoms with Crippen LogP contribution in [0.15, 0.2) is 30.3 Å². The number of amides is 1. The Balaban J connectivity index is 1.14. The number of carbonyl (C=O) groups is 5. The Morgan fingerprint density at radius 1 is 0.938 bits per heavy atom. The van der Waals surface area contributed by atoms with Crippen molar-refractivity contribution in [2.75, 3.05) is 53.3 Å². The second-order valence-corrected chi connectivity index (χ2v) is 15.6. The Morgan fingerprint density at radius 3 is 2.28 bits per heavy atom. The maximum atomic E-state index is 14.0. The van der Waals surface area contributed by atoms with Gasteiger partial charge in [-0.15, -0.1) is 0 Å². The highest BCUT2D eigenvalue weighted by molar-refractivity contribution is 6.31. The number of hydrogen-bond acceptors (Lipinski definition) is 19. The van der Waals surface area contributed by atoms with E-state index in [1.807, 2.05) is 0 Å². The quantitative estimate of drug-likeness (QED) is 0.0345. The number of aromatic hydroxyl groups is 2. The fraction of sp³-hybridized carbons (Fsp3) is 0.477. The van der Waals surface area contributed by atoms with Crippen LogP contribution in [0.3, 0.4) is 0 Å². The fourth-order valence-corrected chi connectivity index (χ4v) is 8.09. The molecule has 6 rings (SSSR count). The zero-order valence-electron chi connectivity index (χ0n) is 35.7. The largest absolute Gasteiger partial charge is 0.513 e. The zero-order valence-corrected chi connectivity index (χ0v) is 35.7. The molecule has 64 heavy (non-hydrogen) atoms. The summed E-state index contributed by atoms with van der Waals surface area (Å²) < 4.78 is 43.5. The zero-order chi connectivity index (χ0) is 46.5. The number of ether oxygens (including phenoxy) is 8. The number of methoxy groups -OCH3 is 1. The third-order valence-corrected chi connectivity index (χ3v) is 11.2. The van der Waals surface area contributed by atoms with Crippen LogP contribution in [0.25, 0.3) is 0 Å². The second kappa shape index (κ2) is 20.4. The van der Waals surface area contributed by atoms with Gasteiger partial charge in [0, 0.05) is 42.0 Å². The van der Waals surface area contributed by atoms with Gasteiger partial charge >= 0.3 is 12.2 Å². The summed E-state index contributed by atoms with van der Waals surface area (Å²) in [5.74, 6) is -3.81. The van der Waals surface area contributed by atoms with Gasteiger partial charge in [-0.2, -0.15) is 0 Å². The van der Waals surface area contributed by atoms with E-state index in [0.717, 1.165) is 0 Å². The number of nitrogens with two attached hydrogens (primary N) is 1. The van der Waals surface area contributed by atoms with Crippen molar-refractivity contribution in [3.8, 4) is 23.0 Å².